The first kappa shape index (κ1) is 19.6. The summed E-state index contributed by atoms with van der Waals surface area (Å²) in [6.07, 6.45) is 2.24. The van der Waals surface area contributed by atoms with Crippen LogP contribution < -0.4 is 15.0 Å². The molecule has 0 aliphatic heterocycles. The fraction of sp³-hybridized carbons (Fsp3) is 0.217. The average molecular weight is 402 g/mol. The Morgan fingerprint density at radius 2 is 1.70 bits per heavy atom. The fourth-order valence-electron chi connectivity index (χ4n) is 3.44. The maximum atomic E-state index is 12.5. The molecule has 1 aromatic carbocycles. The highest BCUT2D eigenvalue weighted by Gasteiger charge is 2.12. The zero-order valence-corrected chi connectivity index (χ0v) is 17.3. The number of ether oxygens (including phenoxy) is 2. The van der Waals surface area contributed by atoms with E-state index >= 15 is 0 Å². The van der Waals surface area contributed by atoms with Gasteiger partial charge in [0.15, 0.2) is 11.5 Å². The number of rotatable bonds is 5. The van der Waals surface area contributed by atoms with Crippen molar-refractivity contribution >= 4 is 10.9 Å². The van der Waals surface area contributed by atoms with Crippen molar-refractivity contribution in [2.45, 2.75) is 20.3 Å². The summed E-state index contributed by atoms with van der Waals surface area (Å²) in [4.78, 5) is 29.1. The number of methoxy groups -OCH3 is 2. The minimum Gasteiger partial charge on any atom is -0.493 e. The summed E-state index contributed by atoms with van der Waals surface area (Å²) in [5.41, 5.74) is 5.02. The minimum atomic E-state index is -0.222. The molecule has 0 bridgehead atoms. The van der Waals surface area contributed by atoms with Gasteiger partial charge in [-0.3, -0.25) is 14.8 Å². The topological polar surface area (TPSA) is 90.0 Å². The molecule has 0 fully saturated rings. The molecule has 30 heavy (non-hydrogen) atoms. The highest BCUT2D eigenvalue weighted by atomic mass is 16.5. The van der Waals surface area contributed by atoms with E-state index in [1.807, 2.05) is 38.1 Å². The molecule has 0 atom stereocenters. The number of aryl methyl sites for hydroxylation is 2. The highest BCUT2D eigenvalue weighted by molar-refractivity contribution is 5.81. The van der Waals surface area contributed by atoms with Gasteiger partial charge in [0.05, 0.1) is 36.5 Å². The van der Waals surface area contributed by atoms with Crippen LogP contribution >= 0.6 is 0 Å². The smallest absolute Gasteiger partial charge is 0.258 e. The van der Waals surface area contributed by atoms with Crippen LogP contribution in [0.5, 0.6) is 11.5 Å². The van der Waals surface area contributed by atoms with E-state index in [0.29, 0.717) is 34.6 Å². The highest BCUT2D eigenvalue weighted by Crippen LogP contribution is 2.30. The Balaban J connectivity index is 1.64. The summed E-state index contributed by atoms with van der Waals surface area (Å²) in [6.45, 7) is 4.01. The molecule has 4 rings (SSSR count). The lowest BCUT2D eigenvalue weighted by Crippen LogP contribution is -2.12. The van der Waals surface area contributed by atoms with E-state index < -0.39 is 0 Å². The van der Waals surface area contributed by atoms with E-state index in [4.69, 9.17) is 9.47 Å². The predicted octanol–water partition coefficient (Wildman–Crippen LogP) is 3.60. The Kier molecular flexibility index (Phi) is 5.18. The van der Waals surface area contributed by atoms with Crippen molar-refractivity contribution < 1.29 is 9.47 Å². The van der Waals surface area contributed by atoms with Gasteiger partial charge in [0.2, 0.25) is 0 Å². The Hall–Kier alpha value is -3.74. The number of pyridine rings is 2. The van der Waals surface area contributed by atoms with Crippen molar-refractivity contribution in [1.29, 1.82) is 0 Å². The van der Waals surface area contributed by atoms with Crippen LogP contribution in [-0.2, 0) is 6.42 Å². The van der Waals surface area contributed by atoms with Crippen molar-refractivity contribution in [3.05, 3.63) is 75.6 Å². The summed E-state index contributed by atoms with van der Waals surface area (Å²) in [5.74, 6) is 1.57. The maximum Gasteiger partial charge on any atom is 0.258 e. The third kappa shape index (κ3) is 3.87. The monoisotopic (exact) mass is 402 g/mol. The maximum absolute atomic E-state index is 12.5. The van der Waals surface area contributed by atoms with E-state index in [0.717, 1.165) is 28.2 Å². The van der Waals surface area contributed by atoms with Crippen LogP contribution in [0.15, 0.2) is 47.4 Å². The summed E-state index contributed by atoms with van der Waals surface area (Å²) in [7, 11) is 3.08. The second-order valence-electron chi connectivity index (χ2n) is 7.14. The summed E-state index contributed by atoms with van der Waals surface area (Å²) in [6, 6.07) is 11.3. The van der Waals surface area contributed by atoms with Crippen molar-refractivity contribution in [2.24, 2.45) is 0 Å². The number of hydrogen-bond acceptors (Lipinski definition) is 6. The summed E-state index contributed by atoms with van der Waals surface area (Å²) < 4.78 is 10.6. The molecule has 0 unspecified atom stereocenters. The number of aromatic amines is 1. The second-order valence-corrected chi connectivity index (χ2v) is 7.14. The van der Waals surface area contributed by atoms with Gasteiger partial charge in [-0.2, -0.15) is 0 Å². The lowest BCUT2D eigenvalue weighted by atomic mass is 10.1. The normalized spacial score (nSPS) is 10.9. The SMILES string of the molecule is COc1cc2nc(Cc3ccc(-c4cc(C)cc(C)n4)nc3)[nH]c(=O)c2cc1OC. The number of benzene rings is 1. The first-order valence-corrected chi connectivity index (χ1v) is 9.52. The molecule has 0 amide bonds. The van der Waals surface area contributed by atoms with Gasteiger partial charge in [-0.25, -0.2) is 4.98 Å². The largest absolute Gasteiger partial charge is 0.493 e. The van der Waals surface area contributed by atoms with E-state index in [1.54, 1.807) is 25.4 Å². The Morgan fingerprint density at radius 3 is 2.37 bits per heavy atom. The van der Waals surface area contributed by atoms with Gasteiger partial charge in [-0.1, -0.05) is 6.07 Å². The standard InChI is InChI=1S/C23H22N4O3/c1-13-7-14(2)25-19(8-13)17-6-5-15(12-24-17)9-22-26-18-11-21(30-4)20(29-3)10-16(18)23(28)27-22/h5-8,10-12H,9H2,1-4H3,(H,26,27,28). The van der Waals surface area contributed by atoms with Gasteiger partial charge in [0, 0.05) is 24.4 Å². The van der Waals surface area contributed by atoms with E-state index in [-0.39, 0.29) is 5.56 Å². The van der Waals surface area contributed by atoms with Crippen LogP contribution in [0.4, 0.5) is 0 Å². The molecule has 0 saturated heterocycles. The first-order chi connectivity index (χ1) is 14.5. The molecule has 1 N–H and O–H groups in total. The molecule has 152 valence electrons. The molecule has 0 aliphatic rings. The quantitative estimate of drug-likeness (QED) is 0.549. The molecule has 0 spiro atoms. The van der Waals surface area contributed by atoms with Gasteiger partial charge < -0.3 is 14.5 Å². The average Bonchev–Trinajstić information content (AvgIpc) is 2.72. The number of fused-ring (bicyclic) bond motifs is 1. The van der Waals surface area contributed by atoms with Crippen LogP contribution in [0, 0.1) is 13.8 Å². The number of nitrogens with one attached hydrogen (secondary N) is 1. The molecule has 7 heteroatoms. The molecule has 0 aliphatic carbocycles. The number of hydrogen-bond donors (Lipinski definition) is 1. The Labute approximate surface area is 173 Å². The van der Waals surface area contributed by atoms with Crippen LogP contribution in [0.25, 0.3) is 22.3 Å². The summed E-state index contributed by atoms with van der Waals surface area (Å²) in [5, 5.41) is 0.450. The second kappa shape index (κ2) is 7.94. The molecule has 7 nitrogen and oxygen atoms in total. The van der Waals surface area contributed by atoms with Crippen LogP contribution in [0.3, 0.4) is 0 Å². The molecule has 3 heterocycles. The predicted molar refractivity (Wildman–Crippen MR) is 115 cm³/mol. The van der Waals surface area contributed by atoms with Gasteiger partial charge in [0.1, 0.15) is 5.82 Å². The number of nitrogens with zero attached hydrogens (tertiary/aromatic N) is 3. The van der Waals surface area contributed by atoms with Gasteiger partial charge in [0.25, 0.3) is 5.56 Å². The van der Waals surface area contributed by atoms with Crippen LogP contribution in [0.1, 0.15) is 22.6 Å². The summed E-state index contributed by atoms with van der Waals surface area (Å²) >= 11 is 0. The molecule has 3 aromatic heterocycles. The number of aromatic nitrogens is 4. The molecule has 0 radical (unpaired) electrons. The third-order valence-electron chi connectivity index (χ3n) is 4.82. The van der Waals surface area contributed by atoms with Crippen molar-refractivity contribution in [1.82, 2.24) is 19.9 Å². The van der Waals surface area contributed by atoms with E-state index in [1.165, 1.54) is 7.11 Å². The molecular weight excluding hydrogens is 380 g/mol. The fourth-order valence-corrected chi connectivity index (χ4v) is 3.44. The lowest BCUT2D eigenvalue weighted by molar-refractivity contribution is 0.355. The lowest BCUT2D eigenvalue weighted by Gasteiger charge is -2.09. The minimum absolute atomic E-state index is 0.222. The third-order valence-corrected chi connectivity index (χ3v) is 4.82. The van der Waals surface area contributed by atoms with Crippen molar-refractivity contribution in [2.75, 3.05) is 14.2 Å². The zero-order chi connectivity index (χ0) is 21.3. The molecule has 4 aromatic rings. The van der Waals surface area contributed by atoms with Gasteiger partial charge >= 0.3 is 0 Å². The molecule has 0 saturated carbocycles. The van der Waals surface area contributed by atoms with Gasteiger partial charge in [-0.15, -0.1) is 0 Å². The first-order valence-electron chi connectivity index (χ1n) is 9.52. The van der Waals surface area contributed by atoms with Crippen LogP contribution in [0.2, 0.25) is 0 Å². The Morgan fingerprint density at radius 1 is 0.933 bits per heavy atom. The zero-order valence-electron chi connectivity index (χ0n) is 17.3. The van der Waals surface area contributed by atoms with E-state index in [2.05, 4.69) is 19.9 Å². The Bertz CT molecular complexity index is 1260. The number of H-pyrrole nitrogens is 1. The van der Waals surface area contributed by atoms with Crippen LogP contribution in [-0.4, -0.2) is 34.2 Å². The molecular formula is C23H22N4O3. The van der Waals surface area contributed by atoms with Crippen molar-refractivity contribution in [3.63, 3.8) is 0 Å². The van der Waals surface area contributed by atoms with E-state index in [9.17, 15) is 4.79 Å². The van der Waals surface area contributed by atoms with Gasteiger partial charge in [-0.05, 0) is 49.2 Å². The van der Waals surface area contributed by atoms with Crippen molar-refractivity contribution in [3.8, 4) is 22.9 Å².